The maximum absolute atomic E-state index is 11.0. The molecular weight excluding hydrogens is 416 g/mol. The molecule has 1 atom stereocenters. The lowest BCUT2D eigenvalue weighted by Crippen LogP contribution is -2.24. The number of carbonyl (C=O) groups is 1. The van der Waals surface area contributed by atoms with Gasteiger partial charge in [0.2, 0.25) is 5.88 Å². The van der Waals surface area contributed by atoms with Gasteiger partial charge in [-0.2, -0.15) is 0 Å². The second-order valence-electron chi connectivity index (χ2n) is 8.43. The molecule has 0 spiro atoms. The molecule has 176 valence electrons. The van der Waals surface area contributed by atoms with Gasteiger partial charge in [-0.1, -0.05) is 74.5 Å². The summed E-state index contributed by atoms with van der Waals surface area (Å²) in [5.74, 6) is 1.72. The van der Waals surface area contributed by atoms with Crippen molar-refractivity contribution in [2.24, 2.45) is 5.73 Å². The van der Waals surface area contributed by atoms with Gasteiger partial charge >= 0.3 is 6.03 Å². The second-order valence-corrected chi connectivity index (χ2v) is 8.43. The number of carbonyl (C=O) groups excluding carboxylic acids is 1. The average molecular weight is 451 g/mol. The van der Waals surface area contributed by atoms with Crippen LogP contribution in [0.15, 0.2) is 65.1 Å². The van der Waals surface area contributed by atoms with Crippen molar-refractivity contribution in [1.29, 1.82) is 0 Å². The molecule has 1 unspecified atom stereocenters. The molecule has 7 heteroatoms. The molecule has 7 nitrogen and oxygen atoms in total. The van der Waals surface area contributed by atoms with Crippen molar-refractivity contribution in [2.45, 2.75) is 32.1 Å². The molecule has 1 saturated heterocycles. The van der Waals surface area contributed by atoms with Gasteiger partial charge in [-0.15, -0.1) is 0 Å². The molecule has 2 amide bonds. The van der Waals surface area contributed by atoms with Crippen LogP contribution in [0.2, 0.25) is 0 Å². The van der Waals surface area contributed by atoms with Gasteiger partial charge < -0.3 is 19.8 Å². The molecule has 1 fully saturated rings. The van der Waals surface area contributed by atoms with Gasteiger partial charge in [0.15, 0.2) is 5.89 Å². The molecule has 3 aromatic rings. The molecule has 2 heterocycles. The second kappa shape index (κ2) is 12.2. The third-order valence-corrected chi connectivity index (χ3v) is 5.58. The Morgan fingerprint density at radius 1 is 1.18 bits per heavy atom. The number of anilines is 1. The minimum atomic E-state index is -0.668. The van der Waals surface area contributed by atoms with Crippen LogP contribution in [0.3, 0.4) is 0 Å². The van der Waals surface area contributed by atoms with E-state index in [1.54, 1.807) is 7.11 Å². The van der Waals surface area contributed by atoms with Crippen molar-refractivity contribution in [1.82, 2.24) is 9.88 Å². The summed E-state index contributed by atoms with van der Waals surface area (Å²) in [4.78, 5) is 17.8. The number of nitrogens with zero attached hydrogens (tertiary/aromatic N) is 2. The van der Waals surface area contributed by atoms with E-state index in [-0.39, 0.29) is 11.8 Å². The number of urea groups is 1. The molecule has 0 aliphatic carbocycles. The number of primary amides is 1. The van der Waals surface area contributed by atoms with Gasteiger partial charge in [0.25, 0.3) is 0 Å². The van der Waals surface area contributed by atoms with E-state index in [9.17, 15) is 4.79 Å². The van der Waals surface area contributed by atoms with Gasteiger partial charge in [-0.3, -0.25) is 5.32 Å². The Morgan fingerprint density at radius 2 is 1.85 bits per heavy atom. The van der Waals surface area contributed by atoms with Gasteiger partial charge in [0.1, 0.15) is 5.69 Å². The van der Waals surface area contributed by atoms with Crippen molar-refractivity contribution in [3.05, 3.63) is 72.1 Å². The summed E-state index contributed by atoms with van der Waals surface area (Å²) in [7, 11) is 1.77. The van der Waals surface area contributed by atoms with E-state index in [1.807, 2.05) is 44.2 Å². The fourth-order valence-electron chi connectivity index (χ4n) is 3.83. The van der Waals surface area contributed by atoms with Gasteiger partial charge in [-0.05, 0) is 24.4 Å². The Balaban J connectivity index is 0.000000189. The number of oxazole rings is 1. The van der Waals surface area contributed by atoms with Crippen LogP contribution < -0.4 is 11.1 Å². The number of ether oxygens (including phenoxy) is 1. The van der Waals surface area contributed by atoms with E-state index in [2.05, 4.69) is 45.5 Å². The molecule has 1 aliphatic rings. The molecule has 1 aliphatic heterocycles. The summed E-state index contributed by atoms with van der Waals surface area (Å²) in [5.41, 5.74) is 8.07. The Hall–Kier alpha value is -3.16. The number of amides is 2. The first-order valence-electron chi connectivity index (χ1n) is 11.4. The first-order valence-corrected chi connectivity index (χ1v) is 11.4. The predicted octanol–water partition coefficient (Wildman–Crippen LogP) is 5.08. The Bertz CT molecular complexity index is 989. The SMILES string of the molecule is CC(C)c1nc(-c2ccccc2)c(NC(N)=O)o1.COCCN1CCC(c2ccccc2)C1. The topological polar surface area (TPSA) is 93.6 Å². The highest BCUT2D eigenvalue weighted by Gasteiger charge is 2.23. The number of likely N-dealkylation sites (tertiary alicyclic amines) is 1. The quantitative estimate of drug-likeness (QED) is 0.524. The predicted molar refractivity (Wildman–Crippen MR) is 131 cm³/mol. The molecular formula is C26H34N4O3. The molecule has 0 bridgehead atoms. The molecule has 0 radical (unpaired) electrons. The number of methoxy groups -OCH3 is 1. The minimum absolute atomic E-state index is 0.135. The van der Waals surface area contributed by atoms with Crippen molar-refractivity contribution < 1.29 is 13.9 Å². The number of nitrogens with two attached hydrogens (primary N) is 1. The van der Waals surface area contributed by atoms with Crippen molar-refractivity contribution in [3.8, 4) is 11.3 Å². The highest BCUT2D eigenvalue weighted by Crippen LogP contribution is 2.31. The summed E-state index contributed by atoms with van der Waals surface area (Å²) < 4.78 is 10.6. The summed E-state index contributed by atoms with van der Waals surface area (Å²) in [6.07, 6.45) is 1.29. The first kappa shape index (κ1) is 24.5. The minimum Gasteiger partial charge on any atom is -0.424 e. The third kappa shape index (κ3) is 7.17. The molecule has 33 heavy (non-hydrogen) atoms. The zero-order chi connectivity index (χ0) is 23.6. The van der Waals surface area contributed by atoms with E-state index in [1.165, 1.54) is 25.1 Å². The molecule has 0 saturated carbocycles. The lowest BCUT2D eigenvalue weighted by atomic mass is 9.99. The number of hydrogen-bond donors (Lipinski definition) is 2. The Morgan fingerprint density at radius 3 is 2.45 bits per heavy atom. The largest absolute Gasteiger partial charge is 0.424 e. The Labute approximate surface area is 195 Å². The van der Waals surface area contributed by atoms with Gasteiger partial charge in [0.05, 0.1) is 6.61 Å². The standard InChI is InChI=1S/C13H15N3O2.C13H19NO/c1-8(2)11-15-10(9-6-4-3-5-7-9)12(18-11)16-13(14)17;1-15-10-9-14-8-7-13(11-14)12-5-3-2-4-6-12/h3-8H,1-2H3,(H3,14,16,17);2-6,13H,7-11H2,1H3. The van der Waals surface area contributed by atoms with Gasteiger partial charge in [-0.25, -0.2) is 9.78 Å². The highest BCUT2D eigenvalue weighted by atomic mass is 16.5. The van der Waals surface area contributed by atoms with Gasteiger partial charge in [0, 0.05) is 31.7 Å². The van der Waals surface area contributed by atoms with Crippen LogP contribution in [0.1, 0.15) is 43.6 Å². The summed E-state index contributed by atoms with van der Waals surface area (Å²) in [6, 6.07) is 19.7. The van der Waals surface area contributed by atoms with E-state index in [0.29, 0.717) is 11.6 Å². The van der Waals surface area contributed by atoms with Crippen LogP contribution in [0.25, 0.3) is 11.3 Å². The maximum Gasteiger partial charge on any atom is 0.319 e. The van der Waals surface area contributed by atoms with E-state index in [4.69, 9.17) is 14.9 Å². The van der Waals surface area contributed by atoms with Crippen molar-refractivity contribution >= 4 is 11.9 Å². The molecule has 4 rings (SSSR count). The zero-order valence-corrected chi connectivity index (χ0v) is 19.7. The van der Waals surface area contributed by atoms with Crippen LogP contribution in [0.5, 0.6) is 0 Å². The first-order chi connectivity index (χ1) is 16.0. The number of benzene rings is 2. The maximum atomic E-state index is 11.0. The van der Waals surface area contributed by atoms with Crippen LogP contribution >= 0.6 is 0 Å². The summed E-state index contributed by atoms with van der Waals surface area (Å²) in [6.45, 7) is 8.25. The lowest BCUT2D eigenvalue weighted by Gasteiger charge is -2.15. The average Bonchev–Trinajstić information content (AvgIpc) is 3.46. The van der Waals surface area contributed by atoms with Crippen LogP contribution in [-0.2, 0) is 4.74 Å². The zero-order valence-electron chi connectivity index (χ0n) is 19.7. The van der Waals surface area contributed by atoms with Crippen molar-refractivity contribution in [3.63, 3.8) is 0 Å². The van der Waals surface area contributed by atoms with Crippen molar-refractivity contribution in [2.75, 3.05) is 38.7 Å². The number of hydrogen-bond acceptors (Lipinski definition) is 5. The molecule has 1 aromatic heterocycles. The fraction of sp³-hybridized carbons (Fsp3) is 0.385. The fourth-order valence-corrected chi connectivity index (χ4v) is 3.83. The van der Waals surface area contributed by atoms with E-state index >= 15 is 0 Å². The summed E-state index contributed by atoms with van der Waals surface area (Å²) >= 11 is 0. The number of rotatable bonds is 7. The summed E-state index contributed by atoms with van der Waals surface area (Å²) in [5, 5.41) is 2.46. The smallest absolute Gasteiger partial charge is 0.319 e. The normalized spacial score (nSPS) is 15.8. The van der Waals surface area contributed by atoms with Crippen LogP contribution in [-0.4, -0.2) is 49.3 Å². The third-order valence-electron chi connectivity index (χ3n) is 5.58. The van der Waals surface area contributed by atoms with E-state index < -0.39 is 6.03 Å². The number of nitrogens with one attached hydrogen (secondary N) is 1. The van der Waals surface area contributed by atoms with E-state index in [0.717, 1.165) is 24.6 Å². The molecule has 2 aromatic carbocycles. The van der Waals surface area contributed by atoms with Crippen LogP contribution in [0.4, 0.5) is 10.7 Å². The molecule has 3 N–H and O–H groups in total. The highest BCUT2D eigenvalue weighted by molar-refractivity contribution is 5.90. The van der Waals surface area contributed by atoms with Crippen LogP contribution in [0, 0.1) is 0 Å². The number of aromatic nitrogens is 1. The lowest BCUT2D eigenvalue weighted by molar-refractivity contribution is 0.160. The Kier molecular flexibility index (Phi) is 9.04. The monoisotopic (exact) mass is 450 g/mol.